The third kappa shape index (κ3) is 1.30. The highest BCUT2D eigenvalue weighted by molar-refractivity contribution is 9.10. The van der Waals surface area contributed by atoms with Crippen molar-refractivity contribution in [1.29, 1.82) is 0 Å². The number of aryl methyl sites for hydroxylation is 1. The molecule has 11 heavy (non-hydrogen) atoms. The molecule has 1 N–H and O–H groups in total. The molecule has 60 valence electrons. The van der Waals surface area contributed by atoms with Gasteiger partial charge in [-0.05, 0) is 28.4 Å². The number of pyridine rings is 1. The van der Waals surface area contributed by atoms with Gasteiger partial charge in [0.05, 0.1) is 4.47 Å². The first-order valence-electron chi connectivity index (χ1n) is 3.09. The highest BCUT2D eigenvalue weighted by atomic mass is 79.9. The van der Waals surface area contributed by atoms with Gasteiger partial charge in [-0.3, -0.25) is 9.36 Å². The van der Waals surface area contributed by atoms with Crippen molar-refractivity contribution in [1.82, 2.24) is 4.57 Å². The van der Waals surface area contributed by atoms with Gasteiger partial charge in [-0.1, -0.05) is 0 Å². The molecule has 0 saturated heterocycles. The second kappa shape index (κ2) is 2.70. The summed E-state index contributed by atoms with van der Waals surface area (Å²) in [6.07, 6.45) is 0. The third-order valence-electron chi connectivity index (χ3n) is 1.53. The standard InChI is InChI=1S/C7H8BrNO2/c1-4-3-5(10)9(2)7(11)6(4)8/h3,10H,1-2H3. The SMILES string of the molecule is Cc1cc(O)n(C)c(=O)c1Br. The highest BCUT2D eigenvalue weighted by Gasteiger charge is 2.05. The number of halogens is 1. The lowest BCUT2D eigenvalue weighted by atomic mass is 10.3. The Hall–Kier alpha value is -0.770. The molecule has 0 radical (unpaired) electrons. The van der Waals surface area contributed by atoms with Gasteiger partial charge in [0, 0.05) is 13.1 Å². The van der Waals surface area contributed by atoms with Crippen LogP contribution in [0.4, 0.5) is 0 Å². The van der Waals surface area contributed by atoms with E-state index in [2.05, 4.69) is 15.9 Å². The average molecular weight is 218 g/mol. The van der Waals surface area contributed by atoms with E-state index in [0.29, 0.717) is 4.47 Å². The molecule has 0 aromatic carbocycles. The van der Waals surface area contributed by atoms with E-state index in [1.54, 1.807) is 6.92 Å². The number of hydrogen-bond donors (Lipinski definition) is 1. The minimum Gasteiger partial charge on any atom is -0.494 e. The van der Waals surface area contributed by atoms with E-state index in [0.717, 1.165) is 5.56 Å². The van der Waals surface area contributed by atoms with E-state index in [1.165, 1.54) is 17.7 Å². The second-order valence-corrected chi connectivity index (χ2v) is 3.16. The Morgan fingerprint density at radius 3 is 2.73 bits per heavy atom. The van der Waals surface area contributed by atoms with Gasteiger partial charge in [0.15, 0.2) is 5.88 Å². The number of aromatic nitrogens is 1. The largest absolute Gasteiger partial charge is 0.494 e. The summed E-state index contributed by atoms with van der Waals surface area (Å²) in [6.45, 7) is 1.76. The number of aromatic hydroxyl groups is 1. The summed E-state index contributed by atoms with van der Waals surface area (Å²) in [5, 5.41) is 9.15. The molecule has 0 fully saturated rings. The quantitative estimate of drug-likeness (QED) is 0.709. The Morgan fingerprint density at radius 1 is 1.64 bits per heavy atom. The molecule has 1 heterocycles. The van der Waals surface area contributed by atoms with Crippen LogP contribution in [0.3, 0.4) is 0 Å². The van der Waals surface area contributed by atoms with Gasteiger partial charge in [-0.25, -0.2) is 0 Å². The smallest absolute Gasteiger partial charge is 0.267 e. The van der Waals surface area contributed by atoms with Crippen molar-refractivity contribution in [3.63, 3.8) is 0 Å². The van der Waals surface area contributed by atoms with Crippen LogP contribution in [0, 0.1) is 6.92 Å². The van der Waals surface area contributed by atoms with Gasteiger partial charge in [-0.15, -0.1) is 0 Å². The molecule has 1 rings (SSSR count). The highest BCUT2D eigenvalue weighted by Crippen LogP contribution is 2.14. The van der Waals surface area contributed by atoms with E-state index in [9.17, 15) is 4.79 Å². The minimum absolute atomic E-state index is 0.0179. The Bertz CT molecular complexity index is 314. The van der Waals surface area contributed by atoms with Crippen LogP contribution in [0.25, 0.3) is 0 Å². The summed E-state index contributed by atoms with van der Waals surface area (Å²) in [4.78, 5) is 11.2. The molecule has 1 aromatic heterocycles. The molecule has 0 atom stereocenters. The molecular weight excluding hydrogens is 210 g/mol. The molecule has 1 aromatic rings. The maximum absolute atomic E-state index is 11.2. The van der Waals surface area contributed by atoms with E-state index >= 15 is 0 Å². The third-order valence-corrected chi connectivity index (χ3v) is 2.49. The molecule has 4 heteroatoms. The number of hydrogen-bond acceptors (Lipinski definition) is 2. The number of nitrogens with zero attached hydrogens (tertiary/aromatic N) is 1. The van der Waals surface area contributed by atoms with Gasteiger partial charge < -0.3 is 5.11 Å². The summed E-state index contributed by atoms with van der Waals surface area (Å²) in [7, 11) is 1.52. The minimum atomic E-state index is -0.220. The Kier molecular flexibility index (Phi) is 2.04. The molecule has 0 spiro atoms. The van der Waals surface area contributed by atoms with Crippen molar-refractivity contribution >= 4 is 15.9 Å². The van der Waals surface area contributed by atoms with E-state index < -0.39 is 0 Å². The zero-order chi connectivity index (χ0) is 8.59. The zero-order valence-corrected chi connectivity index (χ0v) is 7.84. The van der Waals surface area contributed by atoms with Crippen molar-refractivity contribution < 1.29 is 5.11 Å². The molecule has 0 unspecified atom stereocenters. The Labute approximate surface area is 72.4 Å². The maximum atomic E-state index is 11.2. The zero-order valence-electron chi connectivity index (χ0n) is 6.26. The lowest BCUT2D eigenvalue weighted by molar-refractivity contribution is 0.422. The summed E-state index contributed by atoms with van der Waals surface area (Å²) in [6, 6.07) is 1.53. The first-order chi connectivity index (χ1) is 5.04. The van der Waals surface area contributed by atoms with Crippen LogP contribution in [-0.2, 0) is 7.05 Å². The predicted octanol–water partition coefficient (Wildman–Crippen LogP) is 1.16. The summed E-state index contributed by atoms with van der Waals surface area (Å²) >= 11 is 3.12. The van der Waals surface area contributed by atoms with E-state index in [1.807, 2.05) is 0 Å². The summed E-state index contributed by atoms with van der Waals surface area (Å²) < 4.78 is 1.68. The molecule has 0 bridgehead atoms. The fraction of sp³-hybridized carbons (Fsp3) is 0.286. The molecule has 3 nitrogen and oxygen atoms in total. The number of rotatable bonds is 0. The molecule has 0 aliphatic carbocycles. The topological polar surface area (TPSA) is 42.2 Å². The lowest BCUT2D eigenvalue weighted by Crippen LogP contribution is -2.17. The van der Waals surface area contributed by atoms with Crippen LogP contribution in [0.15, 0.2) is 15.3 Å². The van der Waals surface area contributed by atoms with Gasteiger partial charge in [-0.2, -0.15) is 0 Å². The Morgan fingerprint density at radius 2 is 2.18 bits per heavy atom. The van der Waals surface area contributed by atoms with Crippen LogP contribution < -0.4 is 5.56 Å². The molecular formula is C7H8BrNO2. The first-order valence-corrected chi connectivity index (χ1v) is 3.88. The maximum Gasteiger partial charge on any atom is 0.267 e. The van der Waals surface area contributed by atoms with Crippen molar-refractivity contribution in [2.45, 2.75) is 6.92 Å². The Balaban J connectivity index is 3.59. The van der Waals surface area contributed by atoms with Crippen molar-refractivity contribution in [2.75, 3.05) is 0 Å². The molecule has 0 aliphatic rings. The summed E-state index contributed by atoms with van der Waals surface area (Å²) in [5.41, 5.74) is 0.521. The first kappa shape index (κ1) is 8.33. The van der Waals surface area contributed by atoms with Gasteiger partial charge in [0.1, 0.15) is 0 Å². The molecule has 0 amide bonds. The van der Waals surface area contributed by atoms with Gasteiger partial charge in [0.25, 0.3) is 5.56 Å². The average Bonchev–Trinajstić information content (AvgIpc) is 1.97. The normalized spacial score (nSPS) is 10.1. The van der Waals surface area contributed by atoms with Crippen LogP contribution in [0.2, 0.25) is 0 Å². The lowest BCUT2D eigenvalue weighted by Gasteiger charge is -2.03. The van der Waals surface area contributed by atoms with Crippen LogP contribution >= 0.6 is 15.9 Å². The predicted molar refractivity (Wildman–Crippen MR) is 45.8 cm³/mol. The monoisotopic (exact) mass is 217 g/mol. The summed E-state index contributed by atoms with van der Waals surface area (Å²) in [5.74, 6) is -0.0179. The van der Waals surface area contributed by atoms with E-state index in [-0.39, 0.29) is 11.4 Å². The van der Waals surface area contributed by atoms with Crippen LogP contribution in [0.1, 0.15) is 5.56 Å². The van der Waals surface area contributed by atoms with E-state index in [4.69, 9.17) is 5.11 Å². The van der Waals surface area contributed by atoms with Crippen LogP contribution in [-0.4, -0.2) is 9.67 Å². The van der Waals surface area contributed by atoms with Crippen molar-refractivity contribution in [2.24, 2.45) is 7.05 Å². The fourth-order valence-corrected chi connectivity index (χ4v) is 1.15. The molecule has 0 saturated carbocycles. The van der Waals surface area contributed by atoms with Crippen molar-refractivity contribution in [3.05, 3.63) is 26.5 Å². The van der Waals surface area contributed by atoms with Crippen molar-refractivity contribution in [3.8, 4) is 5.88 Å². The molecule has 0 aliphatic heterocycles. The van der Waals surface area contributed by atoms with Crippen LogP contribution in [0.5, 0.6) is 5.88 Å². The fourth-order valence-electron chi connectivity index (χ4n) is 0.774. The second-order valence-electron chi connectivity index (χ2n) is 2.36. The van der Waals surface area contributed by atoms with Gasteiger partial charge in [0.2, 0.25) is 0 Å². The van der Waals surface area contributed by atoms with Gasteiger partial charge >= 0.3 is 0 Å².